The Hall–Kier alpha value is -1.43. The first-order chi connectivity index (χ1) is 8.96. The van der Waals surface area contributed by atoms with Gasteiger partial charge in [0.25, 0.3) is 0 Å². The molecule has 0 amide bonds. The molecule has 2 rings (SSSR count). The summed E-state index contributed by atoms with van der Waals surface area (Å²) < 4.78 is 24.1. The molecule has 1 aliphatic carbocycles. The van der Waals surface area contributed by atoms with Gasteiger partial charge in [0.15, 0.2) is 9.84 Å². The molecule has 0 saturated heterocycles. The Balaban J connectivity index is 2.06. The minimum absolute atomic E-state index is 0.117. The molecule has 19 heavy (non-hydrogen) atoms. The molecule has 1 N–H and O–H groups in total. The molecular weight excluding hydrogens is 266 g/mol. The van der Waals surface area contributed by atoms with E-state index in [-0.39, 0.29) is 23.1 Å². The Morgan fingerprint density at radius 2 is 2.00 bits per heavy atom. The number of carboxylic acids is 1. The molecule has 1 aliphatic rings. The predicted molar refractivity (Wildman–Crippen MR) is 70.6 cm³/mol. The number of aromatic carboxylic acids is 1. The van der Waals surface area contributed by atoms with E-state index in [4.69, 9.17) is 5.11 Å². The third-order valence-electron chi connectivity index (χ3n) is 3.36. The van der Waals surface area contributed by atoms with Gasteiger partial charge in [-0.25, -0.2) is 18.2 Å². The van der Waals surface area contributed by atoms with Gasteiger partial charge in [0, 0.05) is 0 Å². The lowest BCUT2D eigenvalue weighted by Crippen LogP contribution is -2.17. The summed E-state index contributed by atoms with van der Waals surface area (Å²) in [4.78, 5) is 14.6. The molecule has 0 unspecified atom stereocenters. The second kappa shape index (κ2) is 5.69. The minimum Gasteiger partial charge on any atom is -0.477 e. The Labute approximate surface area is 112 Å². The molecule has 0 radical (unpaired) electrons. The van der Waals surface area contributed by atoms with Crippen LogP contribution in [0.1, 0.15) is 41.9 Å². The monoisotopic (exact) mass is 283 g/mol. The zero-order chi connectivity index (χ0) is 13.9. The van der Waals surface area contributed by atoms with Crippen molar-refractivity contribution in [3.8, 4) is 0 Å². The number of nitrogens with zero attached hydrogens (tertiary/aromatic N) is 1. The number of aromatic nitrogens is 1. The molecule has 0 bridgehead atoms. The van der Waals surface area contributed by atoms with E-state index in [9.17, 15) is 13.2 Å². The van der Waals surface area contributed by atoms with E-state index in [1.807, 2.05) is 0 Å². The van der Waals surface area contributed by atoms with Crippen LogP contribution in [-0.4, -0.2) is 30.2 Å². The summed E-state index contributed by atoms with van der Waals surface area (Å²) in [6.45, 7) is 0. The number of hydrogen-bond donors (Lipinski definition) is 1. The highest BCUT2D eigenvalue weighted by Gasteiger charge is 2.23. The van der Waals surface area contributed by atoms with Crippen LogP contribution in [-0.2, 0) is 15.6 Å². The lowest BCUT2D eigenvalue weighted by Gasteiger charge is -2.09. The summed E-state index contributed by atoms with van der Waals surface area (Å²) in [6.07, 6.45) is 4.16. The lowest BCUT2D eigenvalue weighted by atomic mass is 10.1. The van der Waals surface area contributed by atoms with Crippen LogP contribution in [0.3, 0.4) is 0 Å². The van der Waals surface area contributed by atoms with E-state index in [1.165, 1.54) is 12.1 Å². The summed E-state index contributed by atoms with van der Waals surface area (Å²) in [5, 5.41) is 8.83. The van der Waals surface area contributed by atoms with Crippen LogP contribution >= 0.6 is 0 Å². The number of carboxylic acid groups (broad SMARTS) is 1. The summed E-state index contributed by atoms with van der Waals surface area (Å²) in [5.74, 6) is -0.876. The van der Waals surface area contributed by atoms with Crippen LogP contribution in [0.2, 0.25) is 0 Å². The van der Waals surface area contributed by atoms with Crippen molar-refractivity contribution in [3.05, 3.63) is 29.6 Å². The third kappa shape index (κ3) is 4.02. The first-order valence-corrected chi connectivity index (χ1v) is 8.18. The standard InChI is InChI=1S/C13H17NO4S/c15-13(16)12-7-3-6-11(14-12)9-19(17,18)8-10-4-1-2-5-10/h3,6-7,10H,1-2,4-5,8-9H2,(H,15,16). The largest absolute Gasteiger partial charge is 0.477 e. The number of hydrogen-bond acceptors (Lipinski definition) is 4. The van der Waals surface area contributed by atoms with E-state index >= 15 is 0 Å². The number of pyridine rings is 1. The van der Waals surface area contributed by atoms with E-state index in [0.717, 1.165) is 25.7 Å². The first-order valence-electron chi connectivity index (χ1n) is 6.36. The maximum Gasteiger partial charge on any atom is 0.354 e. The van der Waals surface area contributed by atoms with Gasteiger partial charge >= 0.3 is 5.97 Å². The van der Waals surface area contributed by atoms with Crippen molar-refractivity contribution in [1.29, 1.82) is 0 Å². The smallest absolute Gasteiger partial charge is 0.354 e. The molecular formula is C13H17NO4S. The van der Waals surface area contributed by atoms with Crippen molar-refractivity contribution in [2.75, 3.05) is 5.75 Å². The normalized spacial score (nSPS) is 16.6. The molecule has 5 nitrogen and oxygen atoms in total. The van der Waals surface area contributed by atoms with Gasteiger partial charge in [-0.05, 0) is 30.9 Å². The summed E-state index contributed by atoms with van der Waals surface area (Å²) in [7, 11) is -3.22. The maximum atomic E-state index is 12.0. The van der Waals surface area contributed by atoms with Crippen LogP contribution < -0.4 is 0 Å². The highest BCUT2D eigenvalue weighted by molar-refractivity contribution is 7.90. The van der Waals surface area contributed by atoms with Gasteiger partial charge in [-0.2, -0.15) is 0 Å². The van der Waals surface area contributed by atoms with Crippen molar-refractivity contribution < 1.29 is 18.3 Å². The second-order valence-electron chi connectivity index (χ2n) is 5.02. The molecule has 0 spiro atoms. The molecule has 0 aromatic carbocycles. The first kappa shape index (κ1) is 14.0. The van der Waals surface area contributed by atoms with Crippen LogP contribution in [0.15, 0.2) is 18.2 Å². The van der Waals surface area contributed by atoms with Gasteiger partial charge in [0.05, 0.1) is 17.2 Å². The Morgan fingerprint density at radius 3 is 2.63 bits per heavy atom. The topological polar surface area (TPSA) is 84.3 Å². The fourth-order valence-corrected chi connectivity index (χ4v) is 4.28. The van der Waals surface area contributed by atoms with E-state index in [0.29, 0.717) is 5.69 Å². The molecule has 0 atom stereocenters. The molecule has 1 saturated carbocycles. The van der Waals surface area contributed by atoms with Crippen molar-refractivity contribution in [1.82, 2.24) is 4.98 Å². The van der Waals surface area contributed by atoms with Crippen molar-refractivity contribution in [2.24, 2.45) is 5.92 Å². The molecule has 1 heterocycles. The summed E-state index contributed by atoms with van der Waals surface area (Å²) in [5.41, 5.74) is 0.187. The van der Waals surface area contributed by atoms with Gasteiger partial charge in [-0.15, -0.1) is 0 Å². The maximum absolute atomic E-state index is 12.0. The van der Waals surface area contributed by atoms with Crippen molar-refractivity contribution >= 4 is 15.8 Å². The Morgan fingerprint density at radius 1 is 1.32 bits per heavy atom. The molecule has 104 valence electrons. The number of carbonyl (C=O) groups is 1. The van der Waals surface area contributed by atoms with E-state index in [2.05, 4.69) is 4.98 Å². The molecule has 1 aromatic rings. The van der Waals surface area contributed by atoms with E-state index in [1.54, 1.807) is 6.07 Å². The van der Waals surface area contributed by atoms with Crippen LogP contribution in [0.4, 0.5) is 0 Å². The second-order valence-corrected chi connectivity index (χ2v) is 7.13. The van der Waals surface area contributed by atoms with Gasteiger partial charge in [-0.3, -0.25) is 0 Å². The third-order valence-corrected chi connectivity index (χ3v) is 5.07. The molecule has 0 aliphatic heterocycles. The number of sulfone groups is 1. The average Bonchev–Trinajstić information content (AvgIpc) is 2.80. The highest BCUT2D eigenvalue weighted by atomic mass is 32.2. The molecule has 1 aromatic heterocycles. The van der Waals surface area contributed by atoms with Crippen LogP contribution in [0.5, 0.6) is 0 Å². The molecule has 6 heteroatoms. The Kier molecular flexibility index (Phi) is 4.19. The van der Waals surface area contributed by atoms with Crippen LogP contribution in [0, 0.1) is 5.92 Å². The fourth-order valence-electron chi connectivity index (χ4n) is 2.50. The van der Waals surface area contributed by atoms with Gasteiger partial charge < -0.3 is 5.11 Å². The lowest BCUT2D eigenvalue weighted by molar-refractivity contribution is 0.0690. The zero-order valence-electron chi connectivity index (χ0n) is 10.6. The molecule has 1 fully saturated rings. The predicted octanol–water partition coefficient (Wildman–Crippen LogP) is 1.88. The Bertz CT molecular complexity index is 562. The fraction of sp³-hybridized carbons (Fsp3) is 0.538. The zero-order valence-corrected chi connectivity index (χ0v) is 11.4. The van der Waals surface area contributed by atoms with Gasteiger partial charge in [0.2, 0.25) is 0 Å². The van der Waals surface area contributed by atoms with Crippen molar-refractivity contribution in [2.45, 2.75) is 31.4 Å². The van der Waals surface area contributed by atoms with Crippen molar-refractivity contribution in [3.63, 3.8) is 0 Å². The van der Waals surface area contributed by atoms with Gasteiger partial charge in [0.1, 0.15) is 5.69 Å². The van der Waals surface area contributed by atoms with Gasteiger partial charge in [-0.1, -0.05) is 18.9 Å². The SMILES string of the molecule is O=C(O)c1cccc(CS(=O)(=O)CC2CCCC2)n1. The summed E-state index contributed by atoms with van der Waals surface area (Å²) >= 11 is 0. The number of rotatable bonds is 5. The summed E-state index contributed by atoms with van der Waals surface area (Å²) in [6, 6.07) is 4.44. The average molecular weight is 283 g/mol. The highest BCUT2D eigenvalue weighted by Crippen LogP contribution is 2.26. The van der Waals surface area contributed by atoms with E-state index < -0.39 is 15.8 Å². The minimum atomic E-state index is -3.22. The van der Waals surface area contributed by atoms with Crippen LogP contribution in [0.25, 0.3) is 0 Å². The quantitative estimate of drug-likeness (QED) is 0.892.